The van der Waals surface area contributed by atoms with E-state index in [0.29, 0.717) is 0 Å². The summed E-state index contributed by atoms with van der Waals surface area (Å²) in [4.78, 5) is 0. The maximum Gasteiger partial charge on any atom is 0.0543 e. The minimum atomic E-state index is 0.106. The van der Waals surface area contributed by atoms with E-state index in [1.165, 1.54) is 53.5 Å². The van der Waals surface area contributed by atoms with Crippen molar-refractivity contribution in [3.63, 3.8) is 0 Å². The first-order valence-electron chi connectivity index (χ1n) is 12.2. The van der Waals surface area contributed by atoms with E-state index in [9.17, 15) is 0 Å². The number of rotatable bonds is 16. The monoisotopic (exact) mass is 444 g/mol. The molecule has 31 heavy (non-hydrogen) atoms. The summed E-state index contributed by atoms with van der Waals surface area (Å²) in [5, 5.41) is 0.106. The van der Waals surface area contributed by atoms with E-state index in [1.807, 2.05) is 6.92 Å². The number of hydrogen-bond acceptors (Lipinski definition) is 0. The Morgan fingerprint density at radius 1 is 0.581 bits per heavy atom. The molecule has 0 nitrogen and oxygen atoms in total. The van der Waals surface area contributed by atoms with Crippen LogP contribution in [0.2, 0.25) is 0 Å². The topological polar surface area (TPSA) is 0 Å². The van der Waals surface area contributed by atoms with E-state index in [0.717, 1.165) is 44.1 Å². The zero-order valence-corrected chi connectivity index (χ0v) is 22.4. The van der Waals surface area contributed by atoms with Gasteiger partial charge in [-0.3, -0.25) is 0 Å². The predicted octanol–water partition coefficient (Wildman–Crippen LogP) is 10.8. The van der Waals surface area contributed by atoms with E-state index < -0.39 is 0 Å². The number of unbranched alkanes of at least 4 members (excludes halogenated alkanes) is 1. The fourth-order valence-corrected chi connectivity index (χ4v) is 3.46. The Balaban J connectivity index is 4.08. The summed E-state index contributed by atoms with van der Waals surface area (Å²) in [5.41, 5.74) is 8.47. The van der Waals surface area contributed by atoms with Crippen molar-refractivity contribution in [3.8, 4) is 0 Å². The van der Waals surface area contributed by atoms with E-state index >= 15 is 0 Å². The Hall–Kier alpha value is -1.27. The molecule has 0 radical (unpaired) electrons. The molecule has 0 bridgehead atoms. The van der Waals surface area contributed by atoms with Gasteiger partial charge in [0.15, 0.2) is 0 Å². The summed E-state index contributed by atoms with van der Waals surface area (Å²) < 4.78 is 0. The Morgan fingerprint density at radius 2 is 0.935 bits per heavy atom. The molecule has 1 heteroatoms. The van der Waals surface area contributed by atoms with Crippen LogP contribution < -0.4 is 0 Å². The van der Waals surface area contributed by atoms with Crippen molar-refractivity contribution in [2.75, 3.05) is 0 Å². The zero-order valence-electron chi connectivity index (χ0n) is 21.6. The van der Waals surface area contributed by atoms with Gasteiger partial charge >= 0.3 is 0 Å². The van der Waals surface area contributed by atoms with Crippen molar-refractivity contribution in [2.45, 2.75) is 118 Å². The molecule has 0 aliphatic rings. The second kappa shape index (κ2) is 18.3. The number of hydrogen-bond donors (Lipinski definition) is 0. The molecule has 0 aliphatic carbocycles. The average Bonchev–Trinajstić information content (AvgIpc) is 2.69. The van der Waals surface area contributed by atoms with Crippen LogP contribution in [0.1, 0.15) is 113 Å². The van der Waals surface area contributed by atoms with Gasteiger partial charge in [-0.05, 0) is 113 Å². The van der Waals surface area contributed by atoms with Crippen LogP contribution in [-0.2, 0) is 0 Å². The van der Waals surface area contributed by atoms with Crippen LogP contribution in [0.15, 0.2) is 70.4 Å². The van der Waals surface area contributed by atoms with Crippen molar-refractivity contribution < 1.29 is 0 Å². The molecule has 1 atom stereocenters. The average molecular weight is 445 g/mol. The molecular formula is C30H49Cl. The molecule has 0 fully saturated rings. The largest absolute Gasteiger partial charge is 0.118 e. The van der Waals surface area contributed by atoms with Gasteiger partial charge in [0.05, 0.1) is 5.38 Å². The first kappa shape index (κ1) is 29.7. The maximum atomic E-state index is 6.26. The van der Waals surface area contributed by atoms with Gasteiger partial charge in [-0.25, -0.2) is 0 Å². The zero-order chi connectivity index (χ0) is 23.6. The smallest absolute Gasteiger partial charge is 0.0543 e. The molecule has 0 amide bonds. The molecule has 0 aromatic carbocycles. The molecule has 0 rings (SSSR count). The van der Waals surface area contributed by atoms with Gasteiger partial charge in [0.1, 0.15) is 0 Å². The van der Waals surface area contributed by atoms with Gasteiger partial charge in [0, 0.05) is 0 Å². The minimum Gasteiger partial charge on any atom is -0.118 e. The SMILES string of the molecule is C=C(C)C(Cl)CC/C(C)=C/CC/C(C)=C/CC/C=C(\C)CC/C=C(\C)CCC=C(C)C. The third kappa shape index (κ3) is 19.2. The summed E-state index contributed by atoms with van der Waals surface area (Å²) in [5.74, 6) is 0. The summed E-state index contributed by atoms with van der Waals surface area (Å²) in [6.45, 7) is 19.3. The number of alkyl halides is 1. The van der Waals surface area contributed by atoms with Crippen LogP contribution in [0, 0.1) is 0 Å². The van der Waals surface area contributed by atoms with Gasteiger partial charge in [0.25, 0.3) is 0 Å². The van der Waals surface area contributed by atoms with Gasteiger partial charge in [-0.2, -0.15) is 0 Å². The first-order chi connectivity index (χ1) is 14.6. The second-order valence-electron chi connectivity index (χ2n) is 9.53. The highest BCUT2D eigenvalue weighted by atomic mass is 35.5. The van der Waals surface area contributed by atoms with Crippen LogP contribution in [0.5, 0.6) is 0 Å². The Kier molecular flexibility index (Phi) is 17.6. The molecular weight excluding hydrogens is 396 g/mol. The molecule has 1 unspecified atom stereocenters. The lowest BCUT2D eigenvalue weighted by atomic mass is 10.0. The standard InChI is InChI=1S/C30H49Cl/c1-24(2)14-11-17-28(7)20-12-18-26(5)15-9-10-16-27(6)19-13-21-29(8)22-23-30(31)25(3)4/h14-16,20-21,30H,3,9-13,17-19,22-23H2,1-2,4-8H3/b26-15+,27-16+,28-20+,29-21+. The Bertz CT molecular complexity index is 663. The number of allylic oxidation sites excluding steroid dienone is 11. The Labute approximate surface area is 199 Å². The van der Waals surface area contributed by atoms with Crippen molar-refractivity contribution in [2.24, 2.45) is 0 Å². The van der Waals surface area contributed by atoms with Crippen molar-refractivity contribution >= 4 is 11.6 Å². The quantitative estimate of drug-likeness (QED) is 0.126. The molecule has 0 aromatic heterocycles. The van der Waals surface area contributed by atoms with Crippen LogP contribution >= 0.6 is 11.6 Å². The van der Waals surface area contributed by atoms with Crippen molar-refractivity contribution in [1.29, 1.82) is 0 Å². The summed E-state index contributed by atoms with van der Waals surface area (Å²) in [7, 11) is 0. The normalized spacial score (nSPS) is 14.6. The third-order valence-electron chi connectivity index (χ3n) is 5.63. The fourth-order valence-electron chi connectivity index (χ4n) is 3.35. The highest BCUT2D eigenvalue weighted by Crippen LogP contribution is 2.18. The minimum absolute atomic E-state index is 0.106. The highest BCUT2D eigenvalue weighted by Gasteiger charge is 2.04. The lowest BCUT2D eigenvalue weighted by Crippen LogP contribution is -1.99. The van der Waals surface area contributed by atoms with Crippen molar-refractivity contribution in [1.82, 2.24) is 0 Å². The summed E-state index contributed by atoms with van der Waals surface area (Å²) in [6.07, 6.45) is 23.3. The molecule has 0 saturated carbocycles. The predicted molar refractivity (Wildman–Crippen MR) is 145 cm³/mol. The van der Waals surface area contributed by atoms with E-state index in [-0.39, 0.29) is 5.38 Å². The molecule has 0 heterocycles. The molecule has 0 aliphatic heterocycles. The van der Waals surface area contributed by atoms with E-state index in [4.69, 9.17) is 11.6 Å². The molecule has 0 N–H and O–H groups in total. The second-order valence-corrected chi connectivity index (χ2v) is 10.1. The lowest BCUT2D eigenvalue weighted by molar-refractivity contribution is 0.804. The molecule has 0 aromatic rings. The Morgan fingerprint density at radius 3 is 1.32 bits per heavy atom. The van der Waals surface area contributed by atoms with Gasteiger partial charge in [-0.15, -0.1) is 11.6 Å². The molecule has 176 valence electrons. The molecule has 0 spiro atoms. The van der Waals surface area contributed by atoms with E-state index in [2.05, 4.69) is 78.5 Å². The summed E-state index contributed by atoms with van der Waals surface area (Å²) in [6, 6.07) is 0. The lowest BCUT2D eigenvalue weighted by Gasteiger charge is -2.08. The van der Waals surface area contributed by atoms with Crippen molar-refractivity contribution in [3.05, 3.63) is 70.4 Å². The van der Waals surface area contributed by atoms with E-state index in [1.54, 1.807) is 0 Å². The maximum absolute atomic E-state index is 6.26. The van der Waals surface area contributed by atoms with Gasteiger partial charge in [0.2, 0.25) is 0 Å². The van der Waals surface area contributed by atoms with Crippen LogP contribution in [-0.4, -0.2) is 5.38 Å². The third-order valence-corrected chi connectivity index (χ3v) is 6.22. The van der Waals surface area contributed by atoms with Crippen LogP contribution in [0.4, 0.5) is 0 Å². The molecule has 0 saturated heterocycles. The fraction of sp³-hybridized carbons (Fsp3) is 0.600. The van der Waals surface area contributed by atoms with Gasteiger partial charge < -0.3 is 0 Å². The highest BCUT2D eigenvalue weighted by molar-refractivity contribution is 6.22. The summed E-state index contributed by atoms with van der Waals surface area (Å²) >= 11 is 6.26. The first-order valence-corrected chi connectivity index (χ1v) is 12.6. The number of halogens is 1. The van der Waals surface area contributed by atoms with Gasteiger partial charge in [-0.1, -0.05) is 70.4 Å². The van der Waals surface area contributed by atoms with Crippen LogP contribution in [0.25, 0.3) is 0 Å². The van der Waals surface area contributed by atoms with Crippen LogP contribution in [0.3, 0.4) is 0 Å².